The second-order valence-electron chi connectivity index (χ2n) is 7.05. The van der Waals surface area contributed by atoms with Crippen LogP contribution in [0.2, 0.25) is 5.02 Å². The van der Waals surface area contributed by atoms with Crippen LogP contribution in [-0.2, 0) is 16.2 Å². The van der Waals surface area contributed by atoms with Gasteiger partial charge in [0.1, 0.15) is 0 Å². The van der Waals surface area contributed by atoms with Gasteiger partial charge in [-0.3, -0.25) is 0 Å². The van der Waals surface area contributed by atoms with E-state index in [2.05, 4.69) is 20.5 Å². The molecule has 0 saturated carbocycles. The number of aliphatic hydroxyl groups is 1. The van der Waals surface area contributed by atoms with Crippen LogP contribution in [-0.4, -0.2) is 52.2 Å². The molecule has 1 aliphatic rings. The van der Waals surface area contributed by atoms with E-state index >= 15 is 0 Å². The Morgan fingerprint density at radius 3 is 2.41 bits per heavy atom. The van der Waals surface area contributed by atoms with Crippen molar-refractivity contribution in [3.63, 3.8) is 0 Å². The molecule has 0 aliphatic carbocycles. The van der Waals surface area contributed by atoms with Crippen molar-refractivity contribution in [3.8, 4) is 11.1 Å². The Labute approximate surface area is 185 Å². The first-order valence-corrected chi connectivity index (χ1v) is 10.9. The summed E-state index contributed by atoms with van der Waals surface area (Å²) in [6.45, 7) is -0.0573. The number of anilines is 3. The van der Waals surface area contributed by atoms with E-state index in [4.69, 9.17) is 17.3 Å². The third-order valence-electron chi connectivity index (χ3n) is 4.76. The van der Waals surface area contributed by atoms with E-state index in [9.17, 15) is 26.7 Å². The number of aromatic nitrogens is 3. The average Bonchev–Trinajstić information content (AvgIpc) is 3.09. The van der Waals surface area contributed by atoms with Gasteiger partial charge in [-0.25, -0.2) is 13.5 Å². The molecule has 0 bridgehead atoms. The van der Waals surface area contributed by atoms with Gasteiger partial charge in [0.05, 0.1) is 21.6 Å². The Kier molecular flexibility index (Phi) is 5.53. The van der Waals surface area contributed by atoms with E-state index in [1.165, 1.54) is 30.3 Å². The Morgan fingerprint density at radius 1 is 1.22 bits per heavy atom. The third-order valence-corrected chi connectivity index (χ3v) is 6.91. The number of H-pyrrole nitrogens is 1. The number of nitrogens with two attached hydrogens (primary N) is 1. The first kappa shape index (κ1) is 22.3. The van der Waals surface area contributed by atoms with Crippen molar-refractivity contribution < 1.29 is 26.7 Å². The molecule has 9 nitrogen and oxygen atoms in total. The number of benzene rings is 2. The van der Waals surface area contributed by atoms with E-state index in [0.29, 0.717) is 0 Å². The molecule has 1 aromatic heterocycles. The van der Waals surface area contributed by atoms with Crippen molar-refractivity contribution in [2.75, 3.05) is 24.1 Å². The predicted octanol–water partition coefficient (Wildman–Crippen LogP) is 2.83. The van der Waals surface area contributed by atoms with Gasteiger partial charge in [0.15, 0.2) is 0 Å². The number of alkyl halides is 3. The summed E-state index contributed by atoms with van der Waals surface area (Å²) in [7, 11) is -3.84. The Balaban J connectivity index is 1.71. The number of hydrogen-bond acceptors (Lipinski definition) is 7. The molecule has 1 fully saturated rings. The summed E-state index contributed by atoms with van der Waals surface area (Å²) in [4.78, 5) is 3.67. The highest BCUT2D eigenvalue weighted by Crippen LogP contribution is 2.43. The molecule has 2 aromatic carbocycles. The highest BCUT2D eigenvalue weighted by atomic mass is 35.5. The van der Waals surface area contributed by atoms with Crippen LogP contribution in [0.5, 0.6) is 0 Å². The van der Waals surface area contributed by atoms with Gasteiger partial charge in [0.25, 0.3) is 0 Å². The number of aliphatic hydroxyl groups excluding tert-OH is 1. The first-order valence-electron chi connectivity index (χ1n) is 9.09. The van der Waals surface area contributed by atoms with Gasteiger partial charge in [0.2, 0.25) is 21.9 Å². The summed E-state index contributed by atoms with van der Waals surface area (Å²) in [5, 5.41) is 17.8. The van der Waals surface area contributed by atoms with Gasteiger partial charge < -0.3 is 16.2 Å². The first-order chi connectivity index (χ1) is 14.9. The Bertz CT molecular complexity index is 1260. The van der Waals surface area contributed by atoms with Crippen LogP contribution < -0.4 is 11.1 Å². The zero-order valence-corrected chi connectivity index (χ0v) is 17.6. The van der Waals surface area contributed by atoms with E-state index in [-0.39, 0.29) is 51.7 Å². The smallest absolute Gasteiger partial charge is 0.390 e. The Hall–Kier alpha value is -2.87. The van der Waals surface area contributed by atoms with Crippen LogP contribution in [0.25, 0.3) is 11.1 Å². The van der Waals surface area contributed by atoms with Crippen molar-refractivity contribution in [3.05, 3.63) is 47.0 Å². The molecule has 32 heavy (non-hydrogen) atoms. The van der Waals surface area contributed by atoms with Crippen LogP contribution >= 0.6 is 11.6 Å². The number of nitrogens with one attached hydrogen (secondary N) is 2. The molecule has 2 heterocycles. The van der Waals surface area contributed by atoms with Crippen molar-refractivity contribution in [2.24, 2.45) is 0 Å². The predicted molar refractivity (Wildman–Crippen MR) is 111 cm³/mol. The maximum Gasteiger partial charge on any atom is 0.417 e. The molecule has 0 radical (unpaired) electrons. The second-order valence-corrected chi connectivity index (χ2v) is 9.39. The maximum absolute atomic E-state index is 13.8. The molecule has 0 amide bonds. The lowest BCUT2D eigenvalue weighted by molar-refractivity contribution is -0.137. The van der Waals surface area contributed by atoms with Crippen molar-refractivity contribution in [1.29, 1.82) is 0 Å². The number of β-amino-alcohol motifs (C(OH)–C–C–N with tert-alkyl or cyclic N) is 1. The van der Waals surface area contributed by atoms with Crippen molar-refractivity contribution in [1.82, 2.24) is 19.5 Å². The lowest BCUT2D eigenvalue weighted by atomic mass is 9.98. The van der Waals surface area contributed by atoms with Crippen molar-refractivity contribution >= 4 is 39.2 Å². The van der Waals surface area contributed by atoms with Crippen LogP contribution in [0.3, 0.4) is 0 Å². The molecule has 0 spiro atoms. The second kappa shape index (κ2) is 7.92. The zero-order valence-electron chi connectivity index (χ0n) is 16.1. The molecule has 4 rings (SSSR count). The summed E-state index contributed by atoms with van der Waals surface area (Å²) in [6.07, 6.45) is -5.48. The molecule has 1 aliphatic heterocycles. The van der Waals surface area contributed by atoms with E-state index < -0.39 is 27.9 Å². The highest BCUT2D eigenvalue weighted by Gasteiger charge is 2.37. The molecule has 5 N–H and O–H groups in total. The van der Waals surface area contributed by atoms with Crippen LogP contribution in [0.1, 0.15) is 5.56 Å². The molecule has 170 valence electrons. The molecule has 14 heteroatoms. The SMILES string of the molecule is Nc1nc(Nc2cc(Cl)c(-c3ccc(S(=O)(=O)N4CC(O)C4)cc3)c(C(F)(F)F)c2)n[nH]1. The van der Waals surface area contributed by atoms with E-state index in [1.54, 1.807) is 0 Å². The number of rotatable bonds is 5. The number of sulfonamides is 1. The number of aromatic amines is 1. The maximum atomic E-state index is 13.8. The quantitative estimate of drug-likeness (QED) is 0.433. The summed E-state index contributed by atoms with van der Waals surface area (Å²) in [5.41, 5.74) is 4.14. The van der Waals surface area contributed by atoms with E-state index in [0.717, 1.165) is 10.4 Å². The largest absolute Gasteiger partial charge is 0.417 e. The lowest BCUT2D eigenvalue weighted by Gasteiger charge is -2.34. The van der Waals surface area contributed by atoms with Gasteiger partial charge >= 0.3 is 6.18 Å². The van der Waals surface area contributed by atoms with Crippen LogP contribution in [0.15, 0.2) is 41.3 Å². The van der Waals surface area contributed by atoms with Gasteiger partial charge in [0, 0.05) is 24.3 Å². The zero-order chi connectivity index (χ0) is 23.3. The molecule has 3 aromatic rings. The standard InChI is InChI=1S/C18H16ClF3N6O3S/c19-14-6-10(24-17-25-16(23)26-27-17)5-13(18(20,21)22)15(14)9-1-3-12(4-2-9)32(30,31)28-7-11(29)8-28/h1-6,11,29H,7-8H2,(H4,23,24,25,26,27). The third kappa shape index (κ3) is 4.24. The number of nitrogen functional groups attached to an aromatic ring is 1. The fourth-order valence-electron chi connectivity index (χ4n) is 3.21. The minimum Gasteiger partial charge on any atom is -0.390 e. The monoisotopic (exact) mass is 488 g/mol. The molecular formula is C18H16ClF3N6O3S. The number of nitrogens with zero attached hydrogens (tertiary/aromatic N) is 3. The normalized spacial score (nSPS) is 15.5. The number of halogens is 4. The average molecular weight is 489 g/mol. The fraction of sp³-hybridized carbons (Fsp3) is 0.222. The minimum absolute atomic E-state index is 0.0133. The van der Waals surface area contributed by atoms with Gasteiger partial charge in [-0.1, -0.05) is 23.7 Å². The molecular weight excluding hydrogens is 473 g/mol. The van der Waals surface area contributed by atoms with E-state index in [1.807, 2.05) is 0 Å². The summed E-state index contributed by atoms with van der Waals surface area (Å²) in [6, 6.07) is 7.03. The summed E-state index contributed by atoms with van der Waals surface area (Å²) < 4.78 is 67.6. The molecule has 1 saturated heterocycles. The fourth-order valence-corrected chi connectivity index (χ4v) is 5.05. The van der Waals surface area contributed by atoms with Gasteiger partial charge in [-0.2, -0.15) is 22.5 Å². The van der Waals surface area contributed by atoms with Gasteiger partial charge in [-0.15, -0.1) is 5.10 Å². The van der Waals surface area contributed by atoms with Gasteiger partial charge in [-0.05, 0) is 29.8 Å². The molecule has 0 atom stereocenters. The highest BCUT2D eigenvalue weighted by molar-refractivity contribution is 7.89. The topological polar surface area (TPSA) is 137 Å². The molecule has 0 unspecified atom stereocenters. The number of hydrogen-bond donors (Lipinski definition) is 4. The lowest BCUT2D eigenvalue weighted by Crippen LogP contribution is -2.53. The summed E-state index contributed by atoms with van der Waals surface area (Å²) >= 11 is 6.21. The van der Waals surface area contributed by atoms with Crippen molar-refractivity contribution in [2.45, 2.75) is 17.2 Å². The summed E-state index contributed by atoms with van der Waals surface area (Å²) in [5.74, 6) is -0.0563. The van der Waals surface area contributed by atoms with Crippen LogP contribution in [0, 0.1) is 0 Å². The Morgan fingerprint density at radius 2 is 1.88 bits per heavy atom. The minimum atomic E-state index is -4.76. The van der Waals surface area contributed by atoms with Crippen LogP contribution in [0.4, 0.5) is 30.8 Å².